The minimum Gasteiger partial charge on any atom is -0.395 e. The van der Waals surface area contributed by atoms with Crippen LogP contribution in [0, 0.1) is 0 Å². The van der Waals surface area contributed by atoms with Gasteiger partial charge in [-0.25, -0.2) is 9.97 Å². The number of rotatable bonds is 7. The van der Waals surface area contributed by atoms with E-state index in [-0.39, 0.29) is 6.61 Å². The number of anilines is 1. The molecule has 0 radical (unpaired) electrons. The highest BCUT2D eigenvalue weighted by Gasteiger charge is 2.26. The van der Waals surface area contributed by atoms with E-state index in [9.17, 15) is 0 Å². The third kappa shape index (κ3) is 3.88. The third-order valence-electron chi connectivity index (χ3n) is 3.52. The van der Waals surface area contributed by atoms with Gasteiger partial charge in [0.1, 0.15) is 0 Å². The van der Waals surface area contributed by atoms with Gasteiger partial charge in [-0.2, -0.15) is 0 Å². The van der Waals surface area contributed by atoms with Gasteiger partial charge in [0.15, 0.2) is 0 Å². The SMILES string of the molecule is CC(C)NCc1cnc(N(CCO)C2CCC2)nc1. The van der Waals surface area contributed by atoms with Crippen molar-refractivity contribution >= 4 is 5.95 Å². The van der Waals surface area contributed by atoms with E-state index in [2.05, 4.69) is 34.0 Å². The van der Waals surface area contributed by atoms with Gasteiger partial charge in [-0.15, -0.1) is 0 Å². The Kier molecular flexibility index (Phi) is 5.10. The van der Waals surface area contributed by atoms with Crippen LogP contribution in [-0.4, -0.2) is 40.3 Å². The second-order valence-corrected chi connectivity index (χ2v) is 5.43. The molecule has 2 rings (SSSR count). The number of aromatic nitrogens is 2. The molecular formula is C14H24N4O. The first-order chi connectivity index (χ1) is 9.20. The summed E-state index contributed by atoms with van der Waals surface area (Å²) in [6.45, 7) is 5.80. The summed E-state index contributed by atoms with van der Waals surface area (Å²) in [6, 6.07) is 0.965. The second-order valence-electron chi connectivity index (χ2n) is 5.43. The summed E-state index contributed by atoms with van der Waals surface area (Å²) in [5.74, 6) is 0.743. The van der Waals surface area contributed by atoms with Crippen molar-refractivity contribution in [3.63, 3.8) is 0 Å². The molecule has 0 unspecified atom stereocenters. The van der Waals surface area contributed by atoms with Gasteiger partial charge in [-0.1, -0.05) is 13.8 Å². The van der Waals surface area contributed by atoms with Gasteiger partial charge in [0.05, 0.1) is 6.61 Å². The van der Waals surface area contributed by atoms with Gasteiger partial charge in [0, 0.05) is 43.1 Å². The third-order valence-corrected chi connectivity index (χ3v) is 3.52. The molecule has 5 nitrogen and oxygen atoms in total. The summed E-state index contributed by atoms with van der Waals surface area (Å²) in [5.41, 5.74) is 1.09. The molecule has 19 heavy (non-hydrogen) atoms. The Bertz CT molecular complexity index is 376. The van der Waals surface area contributed by atoms with E-state index >= 15 is 0 Å². The van der Waals surface area contributed by atoms with Crippen LogP contribution in [0.25, 0.3) is 0 Å². The van der Waals surface area contributed by atoms with Crippen molar-refractivity contribution in [3.8, 4) is 0 Å². The Morgan fingerprint density at radius 1 is 1.37 bits per heavy atom. The van der Waals surface area contributed by atoms with Crippen molar-refractivity contribution < 1.29 is 5.11 Å². The standard InChI is InChI=1S/C14H24N4O/c1-11(2)15-8-12-9-16-14(17-10-12)18(6-7-19)13-4-3-5-13/h9-11,13,15,19H,3-8H2,1-2H3. The van der Waals surface area contributed by atoms with E-state index in [0.29, 0.717) is 18.6 Å². The molecule has 1 heterocycles. The summed E-state index contributed by atoms with van der Waals surface area (Å²) in [6.07, 6.45) is 7.38. The lowest BCUT2D eigenvalue weighted by molar-refractivity contribution is 0.282. The zero-order valence-electron chi connectivity index (χ0n) is 11.8. The van der Waals surface area contributed by atoms with Crippen molar-refractivity contribution in [1.82, 2.24) is 15.3 Å². The Balaban J connectivity index is 1.98. The predicted octanol–water partition coefficient (Wildman–Crippen LogP) is 1.33. The zero-order valence-corrected chi connectivity index (χ0v) is 11.8. The molecule has 1 saturated carbocycles. The molecule has 0 spiro atoms. The minimum absolute atomic E-state index is 0.149. The van der Waals surface area contributed by atoms with Crippen LogP contribution in [0.5, 0.6) is 0 Å². The van der Waals surface area contributed by atoms with Crippen LogP contribution in [0.2, 0.25) is 0 Å². The summed E-state index contributed by atoms with van der Waals surface area (Å²) >= 11 is 0. The molecule has 1 aliphatic rings. The minimum atomic E-state index is 0.149. The lowest BCUT2D eigenvalue weighted by Crippen LogP contribution is -2.43. The average Bonchev–Trinajstić information content (AvgIpc) is 2.34. The fraction of sp³-hybridized carbons (Fsp3) is 0.714. The van der Waals surface area contributed by atoms with Gasteiger partial charge in [-0.05, 0) is 19.3 Å². The van der Waals surface area contributed by atoms with E-state index in [4.69, 9.17) is 5.11 Å². The highest BCUT2D eigenvalue weighted by atomic mass is 16.3. The fourth-order valence-corrected chi connectivity index (χ4v) is 2.16. The summed E-state index contributed by atoms with van der Waals surface area (Å²) in [4.78, 5) is 11.0. The quantitative estimate of drug-likeness (QED) is 0.778. The van der Waals surface area contributed by atoms with Crippen LogP contribution < -0.4 is 10.2 Å². The van der Waals surface area contributed by atoms with Gasteiger partial charge in [-0.3, -0.25) is 0 Å². The first-order valence-electron chi connectivity index (χ1n) is 7.12. The van der Waals surface area contributed by atoms with Crippen molar-refractivity contribution in [2.24, 2.45) is 0 Å². The van der Waals surface area contributed by atoms with Crippen LogP contribution in [0.3, 0.4) is 0 Å². The first kappa shape index (κ1) is 14.2. The van der Waals surface area contributed by atoms with E-state index in [1.54, 1.807) is 0 Å². The molecule has 2 N–H and O–H groups in total. The molecule has 106 valence electrons. The van der Waals surface area contributed by atoms with Gasteiger partial charge in [0.2, 0.25) is 5.95 Å². The highest BCUT2D eigenvalue weighted by molar-refractivity contribution is 5.32. The summed E-state index contributed by atoms with van der Waals surface area (Å²) < 4.78 is 0. The largest absolute Gasteiger partial charge is 0.395 e. The smallest absolute Gasteiger partial charge is 0.225 e. The van der Waals surface area contributed by atoms with Crippen LogP contribution in [0.4, 0.5) is 5.95 Å². The Labute approximate surface area is 115 Å². The number of hydrogen-bond acceptors (Lipinski definition) is 5. The number of nitrogens with one attached hydrogen (secondary N) is 1. The lowest BCUT2D eigenvalue weighted by atomic mass is 9.92. The maximum atomic E-state index is 9.16. The number of hydrogen-bond donors (Lipinski definition) is 2. The molecule has 5 heteroatoms. The van der Waals surface area contributed by atoms with Gasteiger partial charge in [0.25, 0.3) is 0 Å². The van der Waals surface area contributed by atoms with Crippen molar-refractivity contribution in [2.75, 3.05) is 18.1 Å². The Morgan fingerprint density at radius 2 is 2.05 bits per heavy atom. The Morgan fingerprint density at radius 3 is 2.53 bits per heavy atom. The number of aliphatic hydroxyl groups is 1. The maximum absolute atomic E-state index is 9.16. The maximum Gasteiger partial charge on any atom is 0.225 e. The van der Waals surface area contributed by atoms with Crippen molar-refractivity contribution in [3.05, 3.63) is 18.0 Å². The molecular weight excluding hydrogens is 240 g/mol. The van der Waals surface area contributed by atoms with E-state index < -0.39 is 0 Å². The molecule has 0 aromatic carbocycles. The molecule has 0 atom stereocenters. The second kappa shape index (κ2) is 6.82. The molecule has 0 aliphatic heterocycles. The van der Waals surface area contributed by atoms with E-state index in [1.165, 1.54) is 19.3 Å². The van der Waals surface area contributed by atoms with Gasteiger partial charge >= 0.3 is 0 Å². The van der Waals surface area contributed by atoms with Gasteiger partial charge < -0.3 is 15.3 Å². The average molecular weight is 264 g/mol. The van der Waals surface area contributed by atoms with Crippen LogP contribution >= 0.6 is 0 Å². The zero-order chi connectivity index (χ0) is 13.7. The topological polar surface area (TPSA) is 61.3 Å². The van der Waals surface area contributed by atoms with E-state index in [1.807, 2.05) is 12.4 Å². The highest BCUT2D eigenvalue weighted by Crippen LogP contribution is 2.27. The van der Waals surface area contributed by atoms with Crippen LogP contribution in [0.1, 0.15) is 38.7 Å². The molecule has 0 saturated heterocycles. The Hall–Kier alpha value is -1.20. The molecule has 0 amide bonds. The van der Waals surface area contributed by atoms with Crippen LogP contribution in [-0.2, 0) is 6.54 Å². The summed E-state index contributed by atoms with van der Waals surface area (Å²) in [5, 5.41) is 12.5. The van der Waals surface area contributed by atoms with Crippen molar-refractivity contribution in [1.29, 1.82) is 0 Å². The first-order valence-corrected chi connectivity index (χ1v) is 7.12. The van der Waals surface area contributed by atoms with Crippen molar-refractivity contribution in [2.45, 2.75) is 51.7 Å². The number of aliphatic hydroxyl groups excluding tert-OH is 1. The molecule has 0 bridgehead atoms. The monoisotopic (exact) mass is 264 g/mol. The molecule has 1 aromatic heterocycles. The number of nitrogens with zero attached hydrogens (tertiary/aromatic N) is 3. The predicted molar refractivity (Wildman–Crippen MR) is 76.1 cm³/mol. The van der Waals surface area contributed by atoms with Crippen LogP contribution in [0.15, 0.2) is 12.4 Å². The lowest BCUT2D eigenvalue weighted by Gasteiger charge is -2.37. The molecule has 1 fully saturated rings. The molecule has 1 aromatic rings. The molecule has 1 aliphatic carbocycles. The summed E-state index contributed by atoms with van der Waals surface area (Å²) in [7, 11) is 0. The van der Waals surface area contributed by atoms with E-state index in [0.717, 1.165) is 18.1 Å². The fourth-order valence-electron chi connectivity index (χ4n) is 2.16. The normalized spacial score (nSPS) is 15.6.